The lowest BCUT2D eigenvalue weighted by Gasteiger charge is -2.11. The van der Waals surface area contributed by atoms with Crippen LogP contribution in [0.25, 0.3) is 10.9 Å². The second-order valence-electron chi connectivity index (χ2n) is 6.37. The molecular formula is C21H18N4O2S. The second-order valence-corrected chi connectivity index (χ2v) is 8.05. The first-order valence-electron chi connectivity index (χ1n) is 8.68. The number of sulfonamides is 1. The highest BCUT2D eigenvalue weighted by Gasteiger charge is 2.14. The Morgan fingerprint density at radius 2 is 1.64 bits per heavy atom. The molecule has 0 fully saturated rings. The van der Waals surface area contributed by atoms with Gasteiger partial charge in [0.2, 0.25) is 0 Å². The van der Waals surface area contributed by atoms with Crippen LogP contribution in [0.15, 0.2) is 84.0 Å². The Bertz CT molecular complexity index is 1240. The van der Waals surface area contributed by atoms with Gasteiger partial charge in [-0.15, -0.1) is 0 Å². The van der Waals surface area contributed by atoms with Crippen LogP contribution in [-0.2, 0) is 10.0 Å². The predicted octanol–water partition coefficient (Wildman–Crippen LogP) is 4.48. The molecule has 3 aromatic carbocycles. The minimum absolute atomic E-state index is 0.208. The predicted molar refractivity (Wildman–Crippen MR) is 111 cm³/mol. The molecule has 0 unspecified atom stereocenters. The Morgan fingerprint density at radius 1 is 0.821 bits per heavy atom. The minimum atomic E-state index is -3.65. The van der Waals surface area contributed by atoms with E-state index in [9.17, 15) is 8.42 Å². The quantitative estimate of drug-likeness (QED) is 0.525. The number of benzene rings is 3. The first-order chi connectivity index (χ1) is 13.5. The fraction of sp³-hybridized carbons (Fsp3) is 0.0476. The number of aromatic nitrogens is 2. The van der Waals surface area contributed by atoms with E-state index in [0.29, 0.717) is 17.0 Å². The first-order valence-corrected chi connectivity index (χ1v) is 10.2. The monoisotopic (exact) mass is 390 g/mol. The molecular weight excluding hydrogens is 372 g/mol. The summed E-state index contributed by atoms with van der Waals surface area (Å²) >= 11 is 0. The van der Waals surface area contributed by atoms with E-state index in [1.165, 1.54) is 6.33 Å². The zero-order chi connectivity index (χ0) is 19.6. The molecule has 1 heterocycles. The molecule has 0 radical (unpaired) electrons. The molecule has 0 bridgehead atoms. The van der Waals surface area contributed by atoms with Crippen molar-refractivity contribution in [1.29, 1.82) is 0 Å². The first kappa shape index (κ1) is 17.9. The van der Waals surface area contributed by atoms with E-state index in [-0.39, 0.29) is 4.90 Å². The van der Waals surface area contributed by atoms with Gasteiger partial charge in [0.25, 0.3) is 10.0 Å². The van der Waals surface area contributed by atoms with Crippen molar-refractivity contribution in [3.8, 4) is 0 Å². The van der Waals surface area contributed by atoms with Gasteiger partial charge in [-0.2, -0.15) is 0 Å². The highest BCUT2D eigenvalue weighted by atomic mass is 32.2. The molecule has 28 heavy (non-hydrogen) atoms. The second kappa shape index (κ2) is 7.28. The summed E-state index contributed by atoms with van der Waals surface area (Å²) in [5.74, 6) is 0.660. The van der Waals surface area contributed by atoms with Gasteiger partial charge >= 0.3 is 0 Å². The van der Waals surface area contributed by atoms with Crippen LogP contribution in [-0.4, -0.2) is 18.4 Å². The molecule has 0 atom stereocenters. The van der Waals surface area contributed by atoms with Gasteiger partial charge in [-0.3, -0.25) is 4.72 Å². The molecule has 6 nitrogen and oxygen atoms in total. The zero-order valence-corrected chi connectivity index (χ0v) is 15.9. The Hall–Kier alpha value is -3.45. The molecule has 0 aliphatic heterocycles. The summed E-state index contributed by atoms with van der Waals surface area (Å²) in [4.78, 5) is 8.81. The van der Waals surface area contributed by atoms with Crippen molar-refractivity contribution in [1.82, 2.24) is 9.97 Å². The molecule has 0 saturated carbocycles. The standard InChI is InChI=1S/C21H18N4O2S/c1-15-6-5-7-16(12-15)24-21-19-11-10-17(13-20(19)22-14-23-21)25-28(26,27)18-8-3-2-4-9-18/h2-14,25H,1H3,(H,22,23,24). The van der Waals surface area contributed by atoms with E-state index in [1.54, 1.807) is 48.5 Å². The smallest absolute Gasteiger partial charge is 0.261 e. The van der Waals surface area contributed by atoms with Crippen molar-refractivity contribution >= 4 is 38.1 Å². The molecule has 0 aliphatic carbocycles. The van der Waals surface area contributed by atoms with Crippen LogP contribution in [0, 0.1) is 6.92 Å². The summed E-state index contributed by atoms with van der Waals surface area (Å²) in [6.45, 7) is 2.02. The molecule has 4 rings (SSSR count). The average molecular weight is 390 g/mol. The van der Waals surface area contributed by atoms with E-state index >= 15 is 0 Å². The van der Waals surface area contributed by atoms with Gasteiger partial charge in [-0.05, 0) is 55.0 Å². The maximum absolute atomic E-state index is 12.5. The van der Waals surface area contributed by atoms with Gasteiger partial charge in [-0.1, -0.05) is 30.3 Å². The number of hydrogen-bond acceptors (Lipinski definition) is 5. The van der Waals surface area contributed by atoms with Gasteiger partial charge in [0.1, 0.15) is 12.1 Å². The van der Waals surface area contributed by atoms with Crippen molar-refractivity contribution in [2.24, 2.45) is 0 Å². The SMILES string of the molecule is Cc1cccc(Nc2ncnc3cc(NS(=O)(=O)c4ccccc4)ccc23)c1. The largest absolute Gasteiger partial charge is 0.340 e. The highest BCUT2D eigenvalue weighted by molar-refractivity contribution is 7.92. The summed E-state index contributed by atoms with van der Waals surface area (Å²) in [6, 6.07) is 21.4. The summed E-state index contributed by atoms with van der Waals surface area (Å²) in [7, 11) is -3.65. The molecule has 0 aliphatic rings. The third kappa shape index (κ3) is 3.79. The average Bonchev–Trinajstić information content (AvgIpc) is 2.68. The van der Waals surface area contributed by atoms with E-state index in [2.05, 4.69) is 20.0 Å². The molecule has 0 spiro atoms. The van der Waals surface area contributed by atoms with Crippen LogP contribution in [0.2, 0.25) is 0 Å². The third-order valence-corrected chi connectivity index (χ3v) is 5.62. The van der Waals surface area contributed by atoms with Gasteiger partial charge in [-0.25, -0.2) is 18.4 Å². The third-order valence-electron chi connectivity index (χ3n) is 4.22. The van der Waals surface area contributed by atoms with E-state index < -0.39 is 10.0 Å². The van der Waals surface area contributed by atoms with Crippen molar-refractivity contribution in [2.45, 2.75) is 11.8 Å². The molecule has 7 heteroatoms. The normalized spacial score (nSPS) is 11.3. The molecule has 4 aromatic rings. The van der Waals surface area contributed by atoms with Crippen LogP contribution < -0.4 is 10.0 Å². The van der Waals surface area contributed by atoms with E-state index in [4.69, 9.17) is 0 Å². The van der Waals surface area contributed by atoms with Crippen molar-refractivity contribution in [3.63, 3.8) is 0 Å². The van der Waals surface area contributed by atoms with Crippen molar-refractivity contribution in [3.05, 3.63) is 84.7 Å². The van der Waals surface area contributed by atoms with Gasteiger partial charge in [0, 0.05) is 11.1 Å². The van der Waals surface area contributed by atoms with Crippen LogP contribution in [0.4, 0.5) is 17.2 Å². The number of rotatable bonds is 5. The maximum atomic E-state index is 12.5. The van der Waals surface area contributed by atoms with E-state index in [1.807, 2.05) is 31.2 Å². The number of fused-ring (bicyclic) bond motifs is 1. The van der Waals surface area contributed by atoms with Crippen LogP contribution in [0.3, 0.4) is 0 Å². The lowest BCUT2D eigenvalue weighted by Crippen LogP contribution is -2.12. The molecule has 140 valence electrons. The van der Waals surface area contributed by atoms with Crippen molar-refractivity contribution in [2.75, 3.05) is 10.0 Å². The Labute approximate surface area is 163 Å². The fourth-order valence-corrected chi connectivity index (χ4v) is 3.96. The summed E-state index contributed by atoms with van der Waals surface area (Å²) in [5, 5.41) is 4.09. The molecule has 0 saturated heterocycles. The summed E-state index contributed by atoms with van der Waals surface area (Å²) < 4.78 is 27.6. The fourth-order valence-electron chi connectivity index (χ4n) is 2.89. The summed E-state index contributed by atoms with van der Waals surface area (Å²) in [5.41, 5.74) is 3.14. The Morgan fingerprint density at radius 3 is 2.43 bits per heavy atom. The van der Waals surface area contributed by atoms with Gasteiger partial charge < -0.3 is 5.32 Å². The number of nitrogens with zero attached hydrogens (tertiary/aromatic N) is 2. The molecule has 1 aromatic heterocycles. The Kier molecular flexibility index (Phi) is 4.67. The summed E-state index contributed by atoms with van der Waals surface area (Å²) in [6.07, 6.45) is 1.45. The lowest BCUT2D eigenvalue weighted by molar-refractivity contribution is 0.601. The lowest BCUT2D eigenvalue weighted by atomic mass is 10.2. The number of nitrogens with one attached hydrogen (secondary N) is 2. The maximum Gasteiger partial charge on any atom is 0.261 e. The molecule has 2 N–H and O–H groups in total. The number of aryl methyl sites for hydroxylation is 1. The molecule has 0 amide bonds. The van der Waals surface area contributed by atoms with Gasteiger partial charge in [0.15, 0.2) is 0 Å². The van der Waals surface area contributed by atoms with E-state index in [0.717, 1.165) is 16.6 Å². The van der Waals surface area contributed by atoms with Crippen LogP contribution >= 0.6 is 0 Å². The number of hydrogen-bond donors (Lipinski definition) is 2. The van der Waals surface area contributed by atoms with Gasteiger partial charge in [0.05, 0.1) is 16.1 Å². The van der Waals surface area contributed by atoms with Crippen molar-refractivity contribution < 1.29 is 8.42 Å². The topological polar surface area (TPSA) is 84.0 Å². The number of anilines is 3. The van der Waals surface area contributed by atoms with Crippen LogP contribution in [0.1, 0.15) is 5.56 Å². The Balaban J connectivity index is 1.65. The van der Waals surface area contributed by atoms with Crippen LogP contribution in [0.5, 0.6) is 0 Å². The highest BCUT2D eigenvalue weighted by Crippen LogP contribution is 2.26. The minimum Gasteiger partial charge on any atom is -0.340 e. The zero-order valence-electron chi connectivity index (χ0n) is 15.1.